The maximum absolute atomic E-state index is 12.4. The van der Waals surface area contributed by atoms with Gasteiger partial charge in [-0.3, -0.25) is 14.4 Å². The first kappa shape index (κ1) is 21.9. The summed E-state index contributed by atoms with van der Waals surface area (Å²) < 4.78 is 5.10. The number of methoxy groups -OCH3 is 1. The zero-order chi connectivity index (χ0) is 22.2. The highest BCUT2D eigenvalue weighted by atomic mass is 16.5. The Morgan fingerprint density at radius 1 is 1.13 bits per heavy atom. The van der Waals surface area contributed by atoms with Crippen molar-refractivity contribution in [2.75, 3.05) is 37.0 Å². The molecule has 3 N–H and O–H groups in total. The molecule has 1 atom stereocenters. The molecule has 3 rings (SSSR count). The summed E-state index contributed by atoms with van der Waals surface area (Å²) in [7, 11) is 1.59. The molecule has 8 heteroatoms. The largest absolute Gasteiger partial charge is 0.497 e. The van der Waals surface area contributed by atoms with E-state index in [2.05, 4.69) is 16.0 Å². The van der Waals surface area contributed by atoms with Gasteiger partial charge in [-0.05, 0) is 55.0 Å². The van der Waals surface area contributed by atoms with E-state index in [-0.39, 0.29) is 17.7 Å². The molecule has 0 aromatic heterocycles. The molecular formula is C23H26N4O4. The van der Waals surface area contributed by atoms with Crippen LogP contribution in [0.1, 0.15) is 12.5 Å². The molecule has 2 aromatic rings. The number of hydrogen-bond donors (Lipinski definition) is 3. The molecule has 3 amide bonds. The number of rotatable bonds is 7. The SMILES string of the molecule is COc1ccc(/C=C/C(=O)NC(C)C(=O)Nc2ccc(N3CCNC(=O)C3)cc2)cc1. The lowest BCUT2D eigenvalue weighted by Gasteiger charge is -2.28. The van der Waals surface area contributed by atoms with Crippen molar-refractivity contribution in [3.8, 4) is 5.75 Å². The van der Waals surface area contributed by atoms with Gasteiger partial charge in [-0.1, -0.05) is 12.1 Å². The molecule has 1 unspecified atom stereocenters. The van der Waals surface area contributed by atoms with Crippen molar-refractivity contribution in [2.24, 2.45) is 0 Å². The van der Waals surface area contributed by atoms with E-state index in [0.29, 0.717) is 18.8 Å². The second kappa shape index (κ2) is 10.3. The number of ether oxygens (including phenoxy) is 1. The standard InChI is InChI=1S/C23H26N4O4/c1-16(25-21(28)12-5-17-3-10-20(31-2)11-4-17)23(30)26-18-6-8-19(9-7-18)27-14-13-24-22(29)15-27/h3-12,16H,13-15H2,1-2H3,(H,24,29)(H,25,28)(H,26,30)/b12-5+. The normalized spacial score (nSPS) is 14.6. The minimum atomic E-state index is -0.710. The van der Waals surface area contributed by atoms with Crippen molar-refractivity contribution in [2.45, 2.75) is 13.0 Å². The van der Waals surface area contributed by atoms with Gasteiger partial charge in [0.15, 0.2) is 0 Å². The first-order valence-electron chi connectivity index (χ1n) is 10.00. The Balaban J connectivity index is 1.49. The number of nitrogens with one attached hydrogen (secondary N) is 3. The van der Waals surface area contributed by atoms with Crippen LogP contribution in [-0.4, -0.2) is 50.5 Å². The van der Waals surface area contributed by atoms with Crippen molar-refractivity contribution >= 4 is 35.2 Å². The Morgan fingerprint density at radius 3 is 2.48 bits per heavy atom. The van der Waals surface area contributed by atoms with Crippen molar-refractivity contribution in [1.29, 1.82) is 0 Å². The van der Waals surface area contributed by atoms with Gasteiger partial charge in [-0.15, -0.1) is 0 Å². The van der Waals surface area contributed by atoms with E-state index in [1.165, 1.54) is 6.08 Å². The van der Waals surface area contributed by atoms with E-state index < -0.39 is 6.04 Å². The van der Waals surface area contributed by atoms with Crippen molar-refractivity contribution in [1.82, 2.24) is 10.6 Å². The molecule has 31 heavy (non-hydrogen) atoms. The molecule has 1 saturated heterocycles. The molecule has 0 aliphatic carbocycles. The van der Waals surface area contributed by atoms with Crippen LogP contribution >= 0.6 is 0 Å². The Kier molecular flexibility index (Phi) is 7.26. The predicted octanol–water partition coefficient (Wildman–Crippen LogP) is 1.79. The van der Waals surface area contributed by atoms with E-state index in [9.17, 15) is 14.4 Å². The predicted molar refractivity (Wildman–Crippen MR) is 120 cm³/mol. The Morgan fingerprint density at radius 2 is 1.84 bits per heavy atom. The molecule has 0 saturated carbocycles. The molecule has 0 spiro atoms. The number of hydrogen-bond acceptors (Lipinski definition) is 5. The topological polar surface area (TPSA) is 99.8 Å². The summed E-state index contributed by atoms with van der Waals surface area (Å²) in [6.45, 7) is 3.29. The van der Waals surface area contributed by atoms with Crippen LogP contribution in [0.25, 0.3) is 6.08 Å². The van der Waals surface area contributed by atoms with Crippen LogP contribution in [0.2, 0.25) is 0 Å². The average molecular weight is 422 g/mol. The fourth-order valence-electron chi connectivity index (χ4n) is 3.08. The summed E-state index contributed by atoms with van der Waals surface area (Å²) in [4.78, 5) is 38.0. The Labute approximate surface area is 181 Å². The first-order chi connectivity index (χ1) is 14.9. The second-order valence-corrected chi connectivity index (χ2v) is 7.14. The molecule has 2 aromatic carbocycles. The van der Waals surface area contributed by atoms with Gasteiger partial charge >= 0.3 is 0 Å². The third-order valence-corrected chi connectivity index (χ3v) is 4.83. The Hall–Kier alpha value is -3.81. The quantitative estimate of drug-likeness (QED) is 0.591. The van der Waals surface area contributed by atoms with Crippen molar-refractivity contribution < 1.29 is 19.1 Å². The number of carbonyl (C=O) groups is 3. The third-order valence-electron chi connectivity index (χ3n) is 4.83. The van der Waals surface area contributed by atoms with Gasteiger partial charge < -0.3 is 25.6 Å². The molecule has 1 fully saturated rings. The second-order valence-electron chi connectivity index (χ2n) is 7.14. The maximum atomic E-state index is 12.4. The lowest BCUT2D eigenvalue weighted by atomic mass is 10.2. The number of nitrogens with zero attached hydrogens (tertiary/aromatic N) is 1. The van der Waals surface area contributed by atoms with Gasteiger partial charge in [0.25, 0.3) is 0 Å². The smallest absolute Gasteiger partial charge is 0.246 e. The molecule has 1 aliphatic heterocycles. The highest BCUT2D eigenvalue weighted by molar-refractivity contribution is 5.99. The van der Waals surface area contributed by atoms with Gasteiger partial charge in [0.05, 0.1) is 13.7 Å². The lowest BCUT2D eigenvalue weighted by molar-refractivity contribution is -0.123. The summed E-state index contributed by atoms with van der Waals surface area (Å²) >= 11 is 0. The molecule has 0 bridgehead atoms. The van der Waals surface area contributed by atoms with Crippen LogP contribution in [0, 0.1) is 0 Å². The fraction of sp³-hybridized carbons (Fsp3) is 0.261. The highest BCUT2D eigenvalue weighted by Gasteiger charge is 2.17. The van der Waals surface area contributed by atoms with E-state index in [1.807, 2.05) is 29.2 Å². The number of carbonyl (C=O) groups excluding carboxylic acids is 3. The summed E-state index contributed by atoms with van der Waals surface area (Å²) in [5, 5.41) is 8.22. The highest BCUT2D eigenvalue weighted by Crippen LogP contribution is 2.18. The van der Waals surface area contributed by atoms with E-state index in [0.717, 1.165) is 23.5 Å². The maximum Gasteiger partial charge on any atom is 0.246 e. The van der Waals surface area contributed by atoms with E-state index in [1.54, 1.807) is 44.4 Å². The number of benzene rings is 2. The van der Waals surface area contributed by atoms with Gasteiger partial charge in [-0.25, -0.2) is 0 Å². The summed E-state index contributed by atoms with van der Waals surface area (Å²) in [5.41, 5.74) is 2.38. The van der Waals surface area contributed by atoms with Crippen molar-refractivity contribution in [3.05, 3.63) is 60.2 Å². The van der Waals surface area contributed by atoms with Crippen LogP contribution < -0.4 is 25.6 Å². The minimum absolute atomic E-state index is 0.00534. The summed E-state index contributed by atoms with van der Waals surface area (Å²) in [5.74, 6) is 0.0454. The zero-order valence-corrected chi connectivity index (χ0v) is 17.6. The monoisotopic (exact) mass is 422 g/mol. The molecule has 1 aliphatic rings. The molecule has 8 nitrogen and oxygen atoms in total. The zero-order valence-electron chi connectivity index (χ0n) is 17.6. The minimum Gasteiger partial charge on any atom is -0.497 e. The van der Waals surface area contributed by atoms with Crippen LogP contribution in [0.5, 0.6) is 5.75 Å². The number of piperazine rings is 1. The molecular weight excluding hydrogens is 396 g/mol. The van der Waals surface area contributed by atoms with Gasteiger partial charge in [-0.2, -0.15) is 0 Å². The summed E-state index contributed by atoms with van der Waals surface area (Å²) in [6.07, 6.45) is 3.05. The average Bonchev–Trinajstić information content (AvgIpc) is 2.78. The van der Waals surface area contributed by atoms with Crippen LogP contribution in [-0.2, 0) is 14.4 Å². The fourth-order valence-corrected chi connectivity index (χ4v) is 3.08. The van der Waals surface area contributed by atoms with Crippen LogP contribution in [0.3, 0.4) is 0 Å². The Bertz CT molecular complexity index is 955. The molecule has 162 valence electrons. The molecule has 0 radical (unpaired) electrons. The van der Waals surface area contributed by atoms with E-state index >= 15 is 0 Å². The summed E-state index contributed by atoms with van der Waals surface area (Å²) in [6, 6.07) is 13.8. The lowest BCUT2D eigenvalue weighted by Crippen LogP contribution is -2.47. The van der Waals surface area contributed by atoms with Crippen LogP contribution in [0.4, 0.5) is 11.4 Å². The van der Waals surface area contributed by atoms with Crippen molar-refractivity contribution in [3.63, 3.8) is 0 Å². The van der Waals surface area contributed by atoms with Gasteiger partial charge in [0.2, 0.25) is 17.7 Å². The third kappa shape index (κ3) is 6.33. The first-order valence-corrected chi connectivity index (χ1v) is 10.00. The van der Waals surface area contributed by atoms with Crippen LogP contribution in [0.15, 0.2) is 54.6 Å². The molecule has 1 heterocycles. The number of anilines is 2. The van der Waals surface area contributed by atoms with Gasteiger partial charge in [0.1, 0.15) is 11.8 Å². The van der Waals surface area contributed by atoms with E-state index in [4.69, 9.17) is 4.74 Å². The van der Waals surface area contributed by atoms with Gasteiger partial charge in [0, 0.05) is 30.5 Å². The number of amides is 3.